The molecule has 4 aromatic rings. The number of rotatable bonds is 7. The first-order valence-electron chi connectivity index (χ1n) is 11.4. The third-order valence-corrected chi connectivity index (χ3v) is 6.01. The fraction of sp³-hybridized carbons (Fsp3) is 0.259. The van der Waals surface area contributed by atoms with Crippen LogP contribution >= 0.6 is 23.2 Å². The highest BCUT2D eigenvalue weighted by Gasteiger charge is 2.15. The largest absolute Gasteiger partial charge is 0.444 e. The molecule has 0 saturated carbocycles. The van der Waals surface area contributed by atoms with E-state index in [4.69, 9.17) is 32.9 Å². The molecule has 1 aromatic heterocycles. The fourth-order valence-corrected chi connectivity index (χ4v) is 4.06. The van der Waals surface area contributed by atoms with E-state index in [0.717, 1.165) is 38.7 Å². The molecule has 0 aliphatic rings. The highest BCUT2D eigenvalue weighted by atomic mass is 35.5. The Kier molecular flexibility index (Phi) is 7.65. The van der Waals surface area contributed by atoms with Crippen LogP contribution in [0.4, 0.5) is 16.2 Å². The van der Waals surface area contributed by atoms with Gasteiger partial charge in [0.15, 0.2) is 0 Å². The molecule has 35 heavy (non-hydrogen) atoms. The zero-order valence-electron chi connectivity index (χ0n) is 19.9. The highest BCUT2D eigenvalue weighted by molar-refractivity contribution is 6.42. The molecule has 182 valence electrons. The van der Waals surface area contributed by atoms with Gasteiger partial charge in [-0.05, 0) is 68.8 Å². The van der Waals surface area contributed by atoms with Crippen molar-refractivity contribution in [2.45, 2.75) is 32.9 Å². The summed E-state index contributed by atoms with van der Waals surface area (Å²) in [7, 11) is 0. The lowest BCUT2D eigenvalue weighted by Gasteiger charge is -2.19. The summed E-state index contributed by atoms with van der Waals surface area (Å²) in [6.45, 7) is 7.20. The lowest BCUT2D eigenvalue weighted by atomic mass is 10.0. The van der Waals surface area contributed by atoms with Gasteiger partial charge in [-0.15, -0.1) is 0 Å². The highest BCUT2D eigenvalue weighted by Crippen LogP contribution is 2.31. The Morgan fingerprint density at radius 1 is 0.886 bits per heavy atom. The predicted octanol–water partition coefficient (Wildman–Crippen LogP) is 7.05. The summed E-state index contributed by atoms with van der Waals surface area (Å²) in [4.78, 5) is 16.7. The van der Waals surface area contributed by atoms with Crippen molar-refractivity contribution in [3.05, 3.63) is 76.3 Å². The minimum Gasteiger partial charge on any atom is -0.444 e. The maximum absolute atomic E-state index is 11.9. The average Bonchev–Trinajstić information content (AvgIpc) is 2.79. The zero-order chi connectivity index (χ0) is 25.0. The summed E-state index contributed by atoms with van der Waals surface area (Å²) < 4.78 is 5.29. The molecule has 1 amide bonds. The first-order chi connectivity index (χ1) is 16.7. The molecule has 8 heteroatoms. The molecule has 0 unspecified atom stereocenters. The van der Waals surface area contributed by atoms with Gasteiger partial charge in [0.1, 0.15) is 5.60 Å². The summed E-state index contributed by atoms with van der Waals surface area (Å²) in [5.41, 5.74) is 4.23. The third kappa shape index (κ3) is 6.54. The molecular weight excluding hydrogens is 483 g/mol. The Balaban J connectivity index is 1.54. The second-order valence-corrected chi connectivity index (χ2v) is 10.0. The second kappa shape index (κ2) is 10.7. The molecule has 0 saturated heterocycles. The number of carbonyl (C=O) groups is 1. The van der Waals surface area contributed by atoms with Crippen molar-refractivity contribution >= 4 is 62.5 Å². The Labute approximate surface area is 215 Å². The van der Waals surface area contributed by atoms with Crippen LogP contribution in [0.25, 0.3) is 21.8 Å². The molecule has 0 atom stereocenters. The first-order valence-corrected chi connectivity index (χ1v) is 12.2. The number of amides is 1. The van der Waals surface area contributed by atoms with E-state index < -0.39 is 11.7 Å². The number of nitrogens with one attached hydrogen (secondary N) is 3. The standard InChI is InChI=1S/C27H28Cl2N4O2/c1-27(2,3)35-26(34)31-13-12-30-16-21-19-6-4-5-7-24(19)33-25-11-9-17(14-20(21)25)32-18-8-10-22(28)23(29)15-18/h4-11,14-15,30,32H,12-13,16H2,1-3H3,(H,31,34). The van der Waals surface area contributed by atoms with Gasteiger partial charge in [-0.1, -0.05) is 41.4 Å². The van der Waals surface area contributed by atoms with Crippen LogP contribution in [-0.4, -0.2) is 29.8 Å². The number of fused-ring (bicyclic) bond motifs is 2. The number of alkyl carbamates (subject to hydrolysis) is 1. The molecule has 0 spiro atoms. The third-order valence-electron chi connectivity index (χ3n) is 5.27. The van der Waals surface area contributed by atoms with Gasteiger partial charge in [-0.2, -0.15) is 0 Å². The van der Waals surface area contributed by atoms with Gasteiger partial charge in [-0.3, -0.25) is 0 Å². The number of halogens is 2. The van der Waals surface area contributed by atoms with Gasteiger partial charge < -0.3 is 20.7 Å². The monoisotopic (exact) mass is 510 g/mol. The Bertz CT molecular complexity index is 1370. The smallest absolute Gasteiger partial charge is 0.407 e. The lowest BCUT2D eigenvalue weighted by Crippen LogP contribution is -2.36. The summed E-state index contributed by atoms with van der Waals surface area (Å²) in [5, 5.41) is 12.7. The Hall–Kier alpha value is -3.06. The van der Waals surface area contributed by atoms with E-state index in [9.17, 15) is 4.79 Å². The number of hydrogen-bond acceptors (Lipinski definition) is 5. The predicted molar refractivity (Wildman–Crippen MR) is 145 cm³/mol. The van der Waals surface area contributed by atoms with E-state index in [1.807, 2.05) is 57.2 Å². The first kappa shape index (κ1) is 25.0. The summed E-state index contributed by atoms with van der Waals surface area (Å²) in [5.74, 6) is 0. The van der Waals surface area contributed by atoms with E-state index in [1.54, 1.807) is 12.1 Å². The van der Waals surface area contributed by atoms with Gasteiger partial charge in [0.05, 0.1) is 21.1 Å². The summed E-state index contributed by atoms with van der Waals surface area (Å²) in [6, 6.07) is 19.6. The molecule has 0 aliphatic heterocycles. The van der Waals surface area contributed by atoms with E-state index in [-0.39, 0.29) is 0 Å². The van der Waals surface area contributed by atoms with Crippen molar-refractivity contribution in [3.8, 4) is 0 Å². The summed E-state index contributed by atoms with van der Waals surface area (Å²) in [6.07, 6.45) is -0.419. The lowest BCUT2D eigenvalue weighted by molar-refractivity contribution is 0.0528. The van der Waals surface area contributed by atoms with E-state index >= 15 is 0 Å². The number of para-hydroxylation sites is 1. The summed E-state index contributed by atoms with van der Waals surface area (Å²) >= 11 is 12.2. The van der Waals surface area contributed by atoms with Crippen LogP contribution in [-0.2, 0) is 11.3 Å². The minimum atomic E-state index is -0.518. The van der Waals surface area contributed by atoms with Crippen molar-refractivity contribution in [2.24, 2.45) is 0 Å². The topological polar surface area (TPSA) is 75.3 Å². The quantitative estimate of drug-likeness (QED) is 0.183. The SMILES string of the molecule is CC(C)(C)OC(=O)NCCNCc1c2ccccc2nc2ccc(Nc3ccc(Cl)c(Cl)c3)cc12. The van der Waals surface area contributed by atoms with Crippen LogP contribution in [0.2, 0.25) is 10.0 Å². The van der Waals surface area contributed by atoms with Gasteiger partial charge in [-0.25, -0.2) is 9.78 Å². The van der Waals surface area contributed by atoms with Crippen LogP contribution in [0.15, 0.2) is 60.7 Å². The normalized spacial score (nSPS) is 11.6. The Morgan fingerprint density at radius 3 is 2.37 bits per heavy atom. The van der Waals surface area contributed by atoms with Crippen LogP contribution in [0.5, 0.6) is 0 Å². The van der Waals surface area contributed by atoms with Gasteiger partial charge in [0, 0.05) is 41.8 Å². The molecular formula is C27H28Cl2N4O2. The molecule has 0 fully saturated rings. The van der Waals surface area contributed by atoms with Crippen molar-refractivity contribution in [2.75, 3.05) is 18.4 Å². The van der Waals surface area contributed by atoms with Crippen LogP contribution < -0.4 is 16.0 Å². The zero-order valence-corrected chi connectivity index (χ0v) is 21.4. The van der Waals surface area contributed by atoms with Crippen molar-refractivity contribution < 1.29 is 9.53 Å². The van der Waals surface area contributed by atoms with Crippen molar-refractivity contribution in [3.63, 3.8) is 0 Å². The van der Waals surface area contributed by atoms with Crippen LogP contribution in [0, 0.1) is 0 Å². The molecule has 1 heterocycles. The number of carbonyl (C=O) groups excluding carboxylic acids is 1. The molecule has 0 aliphatic carbocycles. The number of nitrogens with zero attached hydrogens (tertiary/aromatic N) is 1. The maximum atomic E-state index is 11.9. The molecule has 0 bridgehead atoms. The molecule has 3 aromatic carbocycles. The number of ether oxygens (including phenoxy) is 1. The van der Waals surface area contributed by atoms with Crippen molar-refractivity contribution in [1.29, 1.82) is 0 Å². The van der Waals surface area contributed by atoms with Gasteiger partial charge in [0.25, 0.3) is 0 Å². The maximum Gasteiger partial charge on any atom is 0.407 e. The molecule has 3 N–H and O–H groups in total. The van der Waals surface area contributed by atoms with E-state index in [0.29, 0.717) is 29.7 Å². The molecule has 4 rings (SSSR count). The number of aromatic nitrogens is 1. The number of benzene rings is 3. The molecule has 6 nitrogen and oxygen atoms in total. The minimum absolute atomic E-state index is 0.419. The fourth-order valence-electron chi connectivity index (χ4n) is 3.77. The number of anilines is 2. The second-order valence-electron chi connectivity index (χ2n) is 9.20. The van der Waals surface area contributed by atoms with E-state index in [1.165, 1.54) is 0 Å². The average molecular weight is 511 g/mol. The van der Waals surface area contributed by atoms with E-state index in [2.05, 4.69) is 28.1 Å². The van der Waals surface area contributed by atoms with Crippen LogP contribution in [0.3, 0.4) is 0 Å². The Morgan fingerprint density at radius 2 is 1.60 bits per heavy atom. The molecule has 0 radical (unpaired) electrons. The van der Waals surface area contributed by atoms with Gasteiger partial charge in [0.2, 0.25) is 0 Å². The van der Waals surface area contributed by atoms with Gasteiger partial charge >= 0.3 is 6.09 Å². The number of pyridine rings is 1. The van der Waals surface area contributed by atoms with Crippen LogP contribution in [0.1, 0.15) is 26.3 Å². The number of hydrogen-bond donors (Lipinski definition) is 3. The van der Waals surface area contributed by atoms with Crippen molar-refractivity contribution in [1.82, 2.24) is 15.6 Å².